The smallest absolute Gasteiger partial charge is 0.231 e. The summed E-state index contributed by atoms with van der Waals surface area (Å²) < 4.78 is 13.0. The first kappa shape index (κ1) is 18.5. The summed E-state index contributed by atoms with van der Waals surface area (Å²) in [7, 11) is 0. The molecule has 0 saturated carbocycles. The average molecular weight is 424 g/mol. The second-order valence-electron chi connectivity index (χ2n) is 8.03. The van der Waals surface area contributed by atoms with Crippen molar-refractivity contribution >= 4 is 28.1 Å². The molecule has 0 fully saturated rings. The summed E-state index contributed by atoms with van der Waals surface area (Å²) in [5.41, 5.74) is 4.91. The lowest BCUT2D eigenvalue weighted by atomic mass is 9.86. The maximum absolute atomic E-state index is 5.49. The maximum Gasteiger partial charge on any atom is 0.231 e. The van der Waals surface area contributed by atoms with Gasteiger partial charge in [0, 0.05) is 11.1 Å². The number of thiazole rings is 1. The highest BCUT2D eigenvalue weighted by atomic mass is 32.2. The Kier molecular flexibility index (Phi) is 4.52. The summed E-state index contributed by atoms with van der Waals surface area (Å²) in [5, 5.41) is 11.9. The van der Waals surface area contributed by atoms with Gasteiger partial charge in [-0.2, -0.15) is 0 Å². The summed E-state index contributed by atoms with van der Waals surface area (Å²) in [5.74, 6) is 2.40. The average Bonchev–Trinajstić information content (AvgIpc) is 3.42. The van der Waals surface area contributed by atoms with Crippen LogP contribution in [0, 0.1) is 0 Å². The van der Waals surface area contributed by atoms with Crippen LogP contribution in [0.15, 0.2) is 53.0 Å². The van der Waals surface area contributed by atoms with Crippen LogP contribution >= 0.6 is 23.1 Å². The number of hydrogen-bond acceptors (Lipinski definition) is 6. The van der Waals surface area contributed by atoms with Gasteiger partial charge in [-0.1, -0.05) is 56.8 Å². The fourth-order valence-electron chi connectivity index (χ4n) is 3.31. The maximum atomic E-state index is 5.49. The highest BCUT2D eigenvalue weighted by molar-refractivity contribution is 7.98. The van der Waals surface area contributed by atoms with Gasteiger partial charge in [0.15, 0.2) is 16.7 Å². The second kappa shape index (κ2) is 7.07. The van der Waals surface area contributed by atoms with Crippen LogP contribution < -0.4 is 9.47 Å². The zero-order valence-electron chi connectivity index (χ0n) is 16.5. The number of nitrogens with zero attached hydrogens (tertiary/aromatic N) is 3. The van der Waals surface area contributed by atoms with Crippen molar-refractivity contribution in [2.45, 2.75) is 37.1 Å². The molecule has 2 aromatic heterocycles. The van der Waals surface area contributed by atoms with Gasteiger partial charge in [0.2, 0.25) is 11.8 Å². The predicted octanol–water partition coefficient (Wildman–Crippen LogP) is 5.78. The standard InChI is InChI=1S/C22H21N3O2S2/c1-22(2,3)16-6-4-5-15(10-16)17-12-29-21-24-23-20(25(17)21)28-11-14-7-8-18-19(9-14)27-13-26-18/h4-10,12H,11,13H2,1-3H3. The molecule has 0 atom stereocenters. The topological polar surface area (TPSA) is 48.7 Å². The van der Waals surface area contributed by atoms with Gasteiger partial charge in [0.05, 0.1) is 5.69 Å². The van der Waals surface area contributed by atoms with Crippen molar-refractivity contribution in [1.29, 1.82) is 0 Å². The minimum Gasteiger partial charge on any atom is -0.454 e. The van der Waals surface area contributed by atoms with E-state index in [1.165, 1.54) is 16.7 Å². The minimum atomic E-state index is 0.106. The number of rotatable bonds is 4. The zero-order chi connectivity index (χ0) is 20.0. The summed E-state index contributed by atoms with van der Waals surface area (Å²) in [6.45, 7) is 7.00. The summed E-state index contributed by atoms with van der Waals surface area (Å²) in [4.78, 5) is 0.911. The van der Waals surface area contributed by atoms with Crippen molar-refractivity contribution < 1.29 is 9.47 Å². The number of fused-ring (bicyclic) bond motifs is 2. The molecule has 5 nitrogen and oxygen atoms in total. The predicted molar refractivity (Wildman–Crippen MR) is 117 cm³/mol. The number of aromatic nitrogens is 3. The van der Waals surface area contributed by atoms with E-state index in [4.69, 9.17) is 9.47 Å². The summed E-state index contributed by atoms with van der Waals surface area (Å²) >= 11 is 3.30. The fourth-order valence-corrected chi connectivity index (χ4v) is 5.10. The first-order chi connectivity index (χ1) is 14.0. The van der Waals surface area contributed by atoms with Gasteiger partial charge in [0.25, 0.3) is 0 Å². The van der Waals surface area contributed by atoms with Crippen LogP contribution in [-0.4, -0.2) is 21.4 Å². The molecule has 0 bridgehead atoms. The fraction of sp³-hybridized carbons (Fsp3) is 0.273. The van der Waals surface area contributed by atoms with Gasteiger partial charge in [-0.25, -0.2) is 0 Å². The molecule has 0 N–H and O–H groups in total. The molecule has 0 aliphatic carbocycles. The van der Waals surface area contributed by atoms with E-state index in [0.717, 1.165) is 33.1 Å². The van der Waals surface area contributed by atoms with Crippen molar-refractivity contribution in [1.82, 2.24) is 14.6 Å². The molecule has 148 valence electrons. The number of ether oxygens (including phenoxy) is 2. The molecule has 7 heteroatoms. The lowest BCUT2D eigenvalue weighted by Crippen LogP contribution is -2.10. The van der Waals surface area contributed by atoms with Crippen LogP contribution in [0.1, 0.15) is 31.9 Å². The highest BCUT2D eigenvalue weighted by Crippen LogP contribution is 2.36. The zero-order valence-corrected chi connectivity index (χ0v) is 18.1. The van der Waals surface area contributed by atoms with Crippen molar-refractivity contribution in [3.63, 3.8) is 0 Å². The van der Waals surface area contributed by atoms with E-state index in [1.807, 2.05) is 12.1 Å². The second-order valence-corrected chi connectivity index (χ2v) is 9.81. The van der Waals surface area contributed by atoms with Gasteiger partial charge < -0.3 is 9.47 Å². The molecule has 0 saturated heterocycles. The molecule has 2 aromatic carbocycles. The van der Waals surface area contributed by atoms with E-state index >= 15 is 0 Å². The molecule has 0 amide bonds. The Morgan fingerprint density at radius 1 is 1.07 bits per heavy atom. The largest absolute Gasteiger partial charge is 0.454 e. The Labute approximate surface area is 177 Å². The molecule has 1 aliphatic rings. The van der Waals surface area contributed by atoms with Crippen molar-refractivity contribution in [3.8, 4) is 22.8 Å². The lowest BCUT2D eigenvalue weighted by molar-refractivity contribution is 0.174. The van der Waals surface area contributed by atoms with E-state index in [-0.39, 0.29) is 5.41 Å². The molecule has 3 heterocycles. The molecule has 29 heavy (non-hydrogen) atoms. The van der Waals surface area contributed by atoms with Crippen LogP contribution in [0.4, 0.5) is 0 Å². The highest BCUT2D eigenvalue weighted by Gasteiger charge is 2.18. The van der Waals surface area contributed by atoms with Crippen molar-refractivity contribution in [2.75, 3.05) is 6.79 Å². The normalized spacial score (nSPS) is 13.3. The Hall–Kier alpha value is -2.51. The molecule has 1 aliphatic heterocycles. The summed E-state index contributed by atoms with van der Waals surface area (Å²) in [6, 6.07) is 14.8. The van der Waals surface area contributed by atoms with Gasteiger partial charge in [0.1, 0.15) is 0 Å². The van der Waals surface area contributed by atoms with Crippen LogP contribution in [0.25, 0.3) is 16.2 Å². The first-order valence-corrected chi connectivity index (χ1v) is 11.3. The Morgan fingerprint density at radius 3 is 2.79 bits per heavy atom. The molecule has 0 unspecified atom stereocenters. The van der Waals surface area contributed by atoms with E-state index in [2.05, 4.69) is 71.1 Å². The molecule has 5 rings (SSSR count). The Morgan fingerprint density at radius 2 is 1.93 bits per heavy atom. The number of benzene rings is 2. The first-order valence-electron chi connectivity index (χ1n) is 9.44. The molecule has 0 radical (unpaired) electrons. The van der Waals surface area contributed by atoms with Gasteiger partial charge >= 0.3 is 0 Å². The molecule has 0 spiro atoms. The summed E-state index contributed by atoms with van der Waals surface area (Å²) in [6.07, 6.45) is 0. The van der Waals surface area contributed by atoms with Crippen molar-refractivity contribution in [3.05, 3.63) is 59.0 Å². The SMILES string of the molecule is CC(C)(C)c1cccc(-c2csc3nnc(SCc4ccc5c(c4)OCO5)n23)c1. The number of thioether (sulfide) groups is 1. The quantitative estimate of drug-likeness (QED) is 0.390. The van der Waals surface area contributed by atoms with Gasteiger partial charge in [-0.3, -0.25) is 4.40 Å². The Balaban J connectivity index is 1.45. The van der Waals surface area contributed by atoms with E-state index in [9.17, 15) is 0 Å². The third-order valence-electron chi connectivity index (χ3n) is 4.95. The van der Waals surface area contributed by atoms with Gasteiger partial charge in [-0.05, 0) is 40.3 Å². The molecular weight excluding hydrogens is 402 g/mol. The van der Waals surface area contributed by atoms with Crippen LogP contribution in [0.2, 0.25) is 0 Å². The molecule has 4 aromatic rings. The Bertz CT molecular complexity index is 1190. The van der Waals surface area contributed by atoms with Gasteiger partial charge in [-0.15, -0.1) is 21.5 Å². The van der Waals surface area contributed by atoms with E-state index < -0.39 is 0 Å². The monoisotopic (exact) mass is 423 g/mol. The third-order valence-corrected chi connectivity index (χ3v) is 6.77. The van der Waals surface area contributed by atoms with Crippen molar-refractivity contribution in [2.24, 2.45) is 0 Å². The van der Waals surface area contributed by atoms with E-state index in [1.54, 1.807) is 23.1 Å². The third kappa shape index (κ3) is 3.49. The van der Waals surface area contributed by atoms with Crippen LogP contribution in [-0.2, 0) is 11.2 Å². The van der Waals surface area contributed by atoms with E-state index in [0.29, 0.717) is 6.79 Å². The lowest BCUT2D eigenvalue weighted by Gasteiger charge is -2.19. The van der Waals surface area contributed by atoms with Crippen LogP contribution in [0.3, 0.4) is 0 Å². The van der Waals surface area contributed by atoms with Crippen LogP contribution in [0.5, 0.6) is 11.5 Å². The number of hydrogen-bond donors (Lipinski definition) is 0. The molecular formula is C22H21N3O2S2. The minimum absolute atomic E-state index is 0.106.